The zero-order chi connectivity index (χ0) is 13.8. The highest BCUT2D eigenvalue weighted by Gasteiger charge is 2.18. The number of hydrogen-bond donors (Lipinski definition) is 1. The molecule has 2 heterocycles. The maximum atomic E-state index is 9.12. The minimum Gasteiger partial charge on any atom is -0.390 e. The van der Waals surface area contributed by atoms with Crippen molar-refractivity contribution in [3.63, 3.8) is 0 Å². The fraction of sp³-hybridized carbons (Fsp3) is 0.333. The fourth-order valence-electron chi connectivity index (χ4n) is 2.46. The van der Waals surface area contributed by atoms with Crippen LogP contribution in [0.4, 0.5) is 11.5 Å². The SMILES string of the molecule is OCc1cncc(N2CCN(c3ccccc3)CC2)n1. The molecule has 0 spiro atoms. The van der Waals surface area contributed by atoms with E-state index in [0.717, 1.165) is 32.0 Å². The number of rotatable bonds is 3. The molecule has 0 radical (unpaired) electrons. The van der Waals surface area contributed by atoms with Crippen molar-refractivity contribution >= 4 is 11.5 Å². The topological polar surface area (TPSA) is 52.5 Å². The monoisotopic (exact) mass is 270 g/mol. The molecule has 1 aliphatic rings. The van der Waals surface area contributed by atoms with Crippen molar-refractivity contribution < 1.29 is 5.11 Å². The number of hydrogen-bond acceptors (Lipinski definition) is 5. The summed E-state index contributed by atoms with van der Waals surface area (Å²) in [6.07, 6.45) is 3.36. The number of anilines is 2. The van der Waals surface area contributed by atoms with Crippen LogP contribution in [-0.2, 0) is 6.61 Å². The van der Waals surface area contributed by atoms with E-state index in [1.165, 1.54) is 5.69 Å². The summed E-state index contributed by atoms with van der Waals surface area (Å²) in [5.74, 6) is 0.851. The van der Waals surface area contributed by atoms with Crippen LogP contribution in [0.1, 0.15) is 5.69 Å². The Kier molecular flexibility index (Phi) is 3.78. The lowest BCUT2D eigenvalue weighted by Gasteiger charge is -2.36. The highest BCUT2D eigenvalue weighted by atomic mass is 16.3. The molecule has 1 saturated heterocycles. The van der Waals surface area contributed by atoms with Crippen LogP contribution in [0.3, 0.4) is 0 Å². The summed E-state index contributed by atoms with van der Waals surface area (Å²) in [5.41, 5.74) is 1.88. The Morgan fingerprint density at radius 1 is 0.950 bits per heavy atom. The van der Waals surface area contributed by atoms with E-state index in [9.17, 15) is 0 Å². The van der Waals surface area contributed by atoms with Crippen molar-refractivity contribution in [2.75, 3.05) is 36.0 Å². The number of aliphatic hydroxyl groups excluding tert-OH is 1. The van der Waals surface area contributed by atoms with E-state index in [1.807, 2.05) is 6.07 Å². The predicted octanol–water partition coefficient (Wildman–Crippen LogP) is 1.30. The zero-order valence-corrected chi connectivity index (χ0v) is 11.3. The third kappa shape index (κ3) is 2.72. The molecular weight excluding hydrogens is 252 g/mol. The summed E-state index contributed by atoms with van der Waals surface area (Å²) >= 11 is 0. The van der Waals surface area contributed by atoms with Crippen LogP contribution >= 0.6 is 0 Å². The second-order valence-corrected chi connectivity index (χ2v) is 4.84. The summed E-state index contributed by atoms with van der Waals surface area (Å²) in [6.45, 7) is 3.70. The Morgan fingerprint density at radius 3 is 2.35 bits per heavy atom. The minimum absolute atomic E-state index is 0.0647. The largest absolute Gasteiger partial charge is 0.390 e. The smallest absolute Gasteiger partial charge is 0.147 e. The van der Waals surface area contributed by atoms with Gasteiger partial charge in [0, 0.05) is 31.9 Å². The lowest BCUT2D eigenvalue weighted by atomic mass is 10.2. The third-order valence-corrected chi connectivity index (χ3v) is 3.56. The van der Waals surface area contributed by atoms with Crippen LogP contribution < -0.4 is 9.80 Å². The first-order valence-electron chi connectivity index (χ1n) is 6.83. The molecule has 2 aromatic rings. The van der Waals surface area contributed by atoms with E-state index < -0.39 is 0 Å². The van der Waals surface area contributed by atoms with Gasteiger partial charge in [-0.25, -0.2) is 4.98 Å². The molecule has 1 fully saturated rings. The molecule has 1 N–H and O–H groups in total. The van der Waals surface area contributed by atoms with Crippen LogP contribution in [0.25, 0.3) is 0 Å². The Balaban J connectivity index is 1.66. The van der Waals surface area contributed by atoms with Gasteiger partial charge < -0.3 is 14.9 Å². The fourth-order valence-corrected chi connectivity index (χ4v) is 2.46. The summed E-state index contributed by atoms with van der Waals surface area (Å²) in [6, 6.07) is 10.5. The molecule has 104 valence electrons. The molecule has 5 nitrogen and oxygen atoms in total. The summed E-state index contributed by atoms with van der Waals surface area (Å²) in [5, 5.41) is 9.12. The van der Waals surface area contributed by atoms with Crippen LogP contribution in [0.15, 0.2) is 42.7 Å². The molecule has 5 heteroatoms. The second kappa shape index (κ2) is 5.88. The Bertz CT molecular complexity index is 553. The van der Waals surface area contributed by atoms with Crippen molar-refractivity contribution in [2.24, 2.45) is 0 Å². The van der Waals surface area contributed by atoms with Crippen molar-refractivity contribution in [3.05, 3.63) is 48.4 Å². The van der Waals surface area contributed by atoms with E-state index in [1.54, 1.807) is 12.4 Å². The van der Waals surface area contributed by atoms with E-state index in [2.05, 4.69) is 44.0 Å². The average molecular weight is 270 g/mol. The van der Waals surface area contributed by atoms with Crippen LogP contribution in [0.5, 0.6) is 0 Å². The van der Waals surface area contributed by atoms with Crippen molar-refractivity contribution in [1.29, 1.82) is 0 Å². The molecule has 0 aliphatic carbocycles. The van der Waals surface area contributed by atoms with Crippen molar-refractivity contribution in [3.8, 4) is 0 Å². The standard InChI is InChI=1S/C15H18N4O/c20-12-13-10-16-11-15(17-13)19-8-6-18(7-9-19)14-4-2-1-3-5-14/h1-5,10-11,20H,6-9,12H2. The third-order valence-electron chi connectivity index (χ3n) is 3.56. The van der Waals surface area contributed by atoms with E-state index >= 15 is 0 Å². The van der Waals surface area contributed by atoms with E-state index in [-0.39, 0.29) is 6.61 Å². The molecule has 20 heavy (non-hydrogen) atoms. The van der Waals surface area contributed by atoms with Crippen LogP contribution in [0, 0.1) is 0 Å². The molecule has 1 aromatic heterocycles. The summed E-state index contributed by atoms with van der Waals surface area (Å²) < 4.78 is 0. The van der Waals surface area contributed by atoms with Crippen molar-refractivity contribution in [2.45, 2.75) is 6.61 Å². The quantitative estimate of drug-likeness (QED) is 0.911. The summed E-state index contributed by atoms with van der Waals surface area (Å²) in [7, 11) is 0. The van der Waals surface area contributed by atoms with Gasteiger partial charge >= 0.3 is 0 Å². The average Bonchev–Trinajstić information content (AvgIpc) is 2.56. The highest BCUT2D eigenvalue weighted by molar-refractivity contribution is 5.48. The van der Waals surface area contributed by atoms with Gasteiger partial charge in [0.05, 0.1) is 24.7 Å². The lowest BCUT2D eigenvalue weighted by Crippen LogP contribution is -2.46. The molecule has 0 bridgehead atoms. The lowest BCUT2D eigenvalue weighted by molar-refractivity contribution is 0.276. The summed E-state index contributed by atoms with van der Waals surface area (Å²) in [4.78, 5) is 13.1. The number of aromatic nitrogens is 2. The van der Waals surface area contributed by atoms with Gasteiger partial charge in [-0.05, 0) is 12.1 Å². The molecule has 1 aromatic carbocycles. The second-order valence-electron chi connectivity index (χ2n) is 4.84. The molecular formula is C15H18N4O. The first-order chi connectivity index (χ1) is 9.86. The van der Waals surface area contributed by atoms with Crippen LogP contribution in [-0.4, -0.2) is 41.3 Å². The Labute approximate surface area is 118 Å². The van der Waals surface area contributed by atoms with E-state index in [4.69, 9.17) is 5.11 Å². The molecule has 0 atom stereocenters. The predicted molar refractivity (Wildman–Crippen MR) is 78.8 cm³/mol. The van der Waals surface area contributed by atoms with Gasteiger partial charge in [-0.1, -0.05) is 18.2 Å². The Morgan fingerprint density at radius 2 is 1.65 bits per heavy atom. The van der Waals surface area contributed by atoms with E-state index in [0.29, 0.717) is 5.69 Å². The number of benzene rings is 1. The first kappa shape index (κ1) is 12.9. The van der Waals surface area contributed by atoms with Gasteiger partial charge in [0.1, 0.15) is 5.82 Å². The number of aliphatic hydroxyl groups is 1. The molecule has 0 unspecified atom stereocenters. The zero-order valence-electron chi connectivity index (χ0n) is 11.3. The van der Waals surface area contributed by atoms with Gasteiger partial charge in [-0.15, -0.1) is 0 Å². The minimum atomic E-state index is -0.0647. The maximum absolute atomic E-state index is 9.12. The van der Waals surface area contributed by atoms with Gasteiger partial charge in [-0.3, -0.25) is 4.98 Å². The van der Waals surface area contributed by atoms with Gasteiger partial charge in [0.2, 0.25) is 0 Å². The van der Waals surface area contributed by atoms with Crippen molar-refractivity contribution in [1.82, 2.24) is 9.97 Å². The van der Waals surface area contributed by atoms with Gasteiger partial charge in [0.15, 0.2) is 0 Å². The number of piperazine rings is 1. The van der Waals surface area contributed by atoms with Gasteiger partial charge in [0.25, 0.3) is 0 Å². The normalized spacial score (nSPS) is 15.4. The highest BCUT2D eigenvalue weighted by Crippen LogP contribution is 2.18. The number of para-hydroxylation sites is 1. The maximum Gasteiger partial charge on any atom is 0.147 e. The molecule has 1 aliphatic heterocycles. The van der Waals surface area contributed by atoms with Crippen LogP contribution in [0.2, 0.25) is 0 Å². The Hall–Kier alpha value is -2.14. The van der Waals surface area contributed by atoms with Gasteiger partial charge in [-0.2, -0.15) is 0 Å². The molecule has 0 saturated carbocycles. The number of nitrogens with zero attached hydrogens (tertiary/aromatic N) is 4. The first-order valence-corrected chi connectivity index (χ1v) is 6.83. The molecule has 0 amide bonds. The molecule has 3 rings (SSSR count).